The highest BCUT2D eigenvalue weighted by Gasteiger charge is 2.09. The Morgan fingerprint density at radius 1 is 1.42 bits per heavy atom. The second-order valence-electron chi connectivity index (χ2n) is 5.22. The number of hydrogen-bond donors (Lipinski definition) is 3. The lowest BCUT2D eigenvalue weighted by Gasteiger charge is -2.16. The van der Waals surface area contributed by atoms with Gasteiger partial charge in [0.15, 0.2) is 0 Å². The molecule has 0 radical (unpaired) electrons. The largest absolute Gasteiger partial charge is 0.396 e. The summed E-state index contributed by atoms with van der Waals surface area (Å²) in [5.41, 5.74) is -0.129. The second-order valence-corrected chi connectivity index (χ2v) is 5.22. The maximum Gasteiger partial charge on any atom is 0.252 e. The fourth-order valence-corrected chi connectivity index (χ4v) is 2.03. The maximum atomic E-state index is 11.5. The minimum absolute atomic E-state index is 0.129. The number of nitrogens with one attached hydrogen (secondary N) is 2. The predicted molar refractivity (Wildman–Crippen MR) is 77.5 cm³/mol. The molecule has 0 aliphatic heterocycles. The fourth-order valence-electron chi connectivity index (χ4n) is 2.03. The zero-order valence-electron chi connectivity index (χ0n) is 12.1. The third-order valence-electron chi connectivity index (χ3n) is 3.11. The molecule has 0 fully saturated rings. The van der Waals surface area contributed by atoms with Crippen LogP contribution in [0.3, 0.4) is 0 Å². The molecule has 0 aliphatic carbocycles. The second kappa shape index (κ2) is 7.94. The number of aromatic amines is 1. The highest BCUT2D eigenvalue weighted by atomic mass is 16.3. The van der Waals surface area contributed by atoms with Crippen LogP contribution in [-0.4, -0.2) is 28.2 Å². The summed E-state index contributed by atoms with van der Waals surface area (Å²) in [7, 11) is 0. The van der Waals surface area contributed by atoms with E-state index in [-0.39, 0.29) is 18.1 Å². The molecule has 1 rings (SSSR count). The summed E-state index contributed by atoms with van der Waals surface area (Å²) in [6, 6.07) is 1.48. The topological polar surface area (TPSA) is 78.0 Å². The number of anilines is 1. The van der Waals surface area contributed by atoms with Gasteiger partial charge in [0.05, 0.1) is 0 Å². The third kappa shape index (κ3) is 5.42. The number of nitrogens with zero attached hydrogens (tertiary/aromatic N) is 1. The van der Waals surface area contributed by atoms with Crippen molar-refractivity contribution in [2.24, 2.45) is 5.92 Å². The number of aliphatic hydroxyl groups excluding tert-OH is 1. The van der Waals surface area contributed by atoms with Crippen LogP contribution in [0.2, 0.25) is 0 Å². The smallest absolute Gasteiger partial charge is 0.252 e. The van der Waals surface area contributed by atoms with Crippen LogP contribution < -0.4 is 10.9 Å². The Labute approximate surface area is 114 Å². The van der Waals surface area contributed by atoms with Crippen molar-refractivity contribution in [3.8, 4) is 0 Å². The van der Waals surface area contributed by atoms with E-state index in [0.717, 1.165) is 25.8 Å². The van der Waals surface area contributed by atoms with Gasteiger partial charge in [-0.05, 0) is 18.8 Å². The molecule has 0 aliphatic rings. The fraction of sp³-hybridized carbons (Fsp3) is 0.714. The van der Waals surface area contributed by atoms with Crippen molar-refractivity contribution in [2.45, 2.75) is 46.0 Å². The molecule has 1 aromatic rings. The first-order chi connectivity index (χ1) is 9.06. The van der Waals surface area contributed by atoms with Crippen molar-refractivity contribution >= 4 is 5.82 Å². The van der Waals surface area contributed by atoms with E-state index in [0.29, 0.717) is 17.6 Å². The van der Waals surface area contributed by atoms with Gasteiger partial charge < -0.3 is 15.4 Å². The van der Waals surface area contributed by atoms with Crippen LogP contribution in [0, 0.1) is 5.92 Å². The van der Waals surface area contributed by atoms with Crippen molar-refractivity contribution in [1.29, 1.82) is 0 Å². The first kappa shape index (κ1) is 15.7. The van der Waals surface area contributed by atoms with E-state index in [4.69, 9.17) is 5.11 Å². The quantitative estimate of drug-likeness (QED) is 0.674. The van der Waals surface area contributed by atoms with Crippen LogP contribution in [-0.2, 0) is 0 Å². The maximum absolute atomic E-state index is 11.5. The van der Waals surface area contributed by atoms with E-state index in [1.54, 1.807) is 0 Å². The summed E-state index contributed by atoms with van der Waals surface area (Å²) in [5.74, 6) is 1.92. The Morgan fingerprint density at radius 3 is 2.74 bits per heavy atom. The highest BCUT2D eigenvalue weighted by Crippen LogP contribution is 2.13. The molecule has 0 spiro atoms. The molecule has 1 unspecified atom stereocenters. The molecule has 3 N–H and O–H groups in total. The van der Waals surface area contributed by atoms with E-state index >= 15 is 0 Å². The number of aliphatic hydroxyl groups is 1. The summed E-state index contributed by atoms with van der Waals surface area (Å²) in [5, 5.41) is 12.2. The summed E-state index contributed by atoms with van der Waals surface area (Å²) < 4.78 is 0. The van der Waals surface area contributed by atoms with Crippen LogP contribution in [0.5, 0.6) is 0 Å². The zero-order valence-corrected chi connectivity index (χ0v) is 12.1. The van der Waals surface area contributed by atoms with E-state index in [1.807, 2.05) is 13.8 Å². The zero-order chi connectivity index (χ0) is 14.3. The first-order valence-corrected chi connectivity index (χ1v) is 7.02. The molecule has 5 nitrogen and oxygen atoms in total. The molecule has 0 aromatic carbocycles. The van der Waals surface area contributed by atoms with Crippen LogP contribution in [0.15, 0.2) is 10.9 Å². The Morgan fingerprint density at radius 2 is 2.16 bits per heavy atom. The van der Waals surface area contributed by atoms with E-state index in [1.165, 1.54) is 6.07 Å². The SMILES string of the molecule is CCCC(CCO)CNc1cc(=O)[nH]c(C(C)C)n1. The van der Waals surface area contributed by atoms with E-state index in [2.05, 4.69) is 22.2 Å². The minimum Gasteiger partial charge on any atom is -0.396 e. The van der Waals surface area contributed by atoms with Gasteiger partial charge in [-0.1, -0.05) is 27.2 Å². The Bertz CT molecular complexity index is 423. The van der Waals surface area contributed by atoms with Gasteiger partial charge in [0.25, 0.3) is 5.56 Å². The van der Waals surface area contributed by atoms with Crippen LogP contribution in [0.25, 0.3) is 0 Å². The van der Waals surface area contributed by atoms with Crippen LogP contribution >= 0.6 is 0 Å². The van der Waals surface area contributed by atoms with Crippen molar-refractivity contribution in [2.75, 3.05) is 18.5 Å². The third-order valence-corrected chi connectivity index (χ3v) is 3.11. The molecule has 0 saturated heterocycles. The van der Waals surface area contributed by atoms with Gasteiger partial charge in [0.2, 0.25) is 0 Å². The van der Waals surface area contributed by atoms with Crippen molar-refractivity contribution in [3.63, 3.8) is 0 Å². The Hall–Kier alpha value is -1.36. The Balaban J connectivity index is 2.68. The molecule has 0 saturated carbocycles. The average Bonchev–Trinajstić information content (AvgIpc) is 2.36. The molecule has 1 aromatic heterocycles. The molecular weight excluding hydrogens is 242 g/mol. The molecule has 1 atom stereocenters. The number of hydrogen-bond acceptors (Lipinski definition) is 4. The van der Waals surface area contributed by atoms with Gasteiger partial charge >= 0.3 is 0 Å². The minimum atomic E-state index is -0.129. The average molecular weight is 267 g/mol. The Kier molecular flexibility index (Phi) is 6.56. The van der Waals surface area contributed by atoms with Gasteiger partial charge in [0.1, 0.15) is 11.6 Å². The van der Waals surface area contributed by atoms with Gasteiger partial charge in [-0.15, -0.1) is 0 Å². The van der Waals surface area contributed by atoms with Crippen LogP contribution in [0.1, 0.15) is 51.8 Å². The summed E-state index contributed by atoms with van der Waals surface area (Å²) in [4.78, 5) is 18.7. The van der Waals surface area contributed by atoms with Gasteiger partial charge in [-0.25, -0.2) is 4.98 Å². The number of H-pyrrole nitrogens is 1. The van der Waals surface area contributed by atoms with E-state index < -0.39 is 0 Å². The first-order valence-electron chi connectivity index (χ1n) is 7.02. The number of aromatic nitrogens is 2. The lowest BCUT2D eigenvalue weighted by molar-refractivity contribution is 0.255. The monoisotopic (exact) mass is 267 g/mol. The van der Waals surface area contributed by atoms with Gasteiger partial charge in [-0.3, -0.25) is 4.79 Å². The highest BCUT2D eigenvalue weighted by molar-refractivity contribution is 5.33. The van der Waals surface area contributed by atoms with Crippen molar-refractivity contribution in [3.05, 3.63) is 22.2 Å². The molecule has 0 bridgehead atoms. The van der Waals surface area contributed by atoms with Crippen LogP contribution in [0.4, 0.5) is 5.82 Å². The van der Waals surface area contributed by atoms with Gasteiger partial charge in [-0.2, -0.15) is 0 Å². The molecule has 19 heavy (non-hydrogen) atoms. The predicted octanol–water partition coefficient (Wildman–Crippen LogP) is 2.10. The summed E-state index contributed by atoms with van der Waals surface area (Å²) in [6.45, 7) is 7.06. The standard InChI is InChI=1S/C14H25N3O2/c1-4-5-11(6-7-18)9-15-12-8-13(19)17-14(16-12)10(2)3/h8,10-11,18H,4-7,9H2,1-3H3,(H2,15,16,17,19). The lowest BCUT2D eigenvalue weighted by Crippen LogP contribution is -2.19. The molecule has 1 heterocycles. The van der Waals surface area contributed by atoms with E-state index in [9.17, 15) is 4.79 Å². The van der Waals surface area contributed by atoms with Gasteiger partial charge in [0, 0.05) is 25.1 Å². The van der Waals surface area contributed by atoms with Crippen molar-refractivity contribution < 1.29 is 5.11 Å². The lowest BCUT2D eigenvalue weighted by atomic mass is 10.0. The summed E-state index contributed by atoms with van der Waals surface area (Å²) >= 11 is 0. The molecule has 0 amide bonds. The van der Waals surface area contributed by atoms with Crippen molar-refractivity contribution in [1.82, 2.24) is 9.97 Å². The molecular formula is C14H25N3O2. The number of rotatable bonds is 8. The molecule has 108 valence electrons. The summed E-state index contributed by atoms with van der Waals surface area (Å²) in [6.07, 6.45) is 2.93. The molecule has 5 heteroatoms. The normalized spacial score (nSPS) is 12.7.